The smallest absolute Gasteiger partial charge is 0.264 e. The fourth-order valence-corrected chi connectivity index (χ4v) is 3.61. The highest BCUT2D eigenvalue weighted by atomic mass is 32.1. The van der Waals surface area contributed by atoms with Crippen LogP contribution in [0.1, 0.15) is 35.6 Å². The van der Waals surface area contributed by atoms with Gasteiger partial charge in [0, 0.05) is 17.7 Å². The van der Waals surface area contributed by atoms with Gasteiger partial charge in [-0.15, -0.1) is 11.3 Å². The Kier molecular flexibility index (Phi) is 3.37. The first kappa shape index (κ1) is 14.3. The fraction of sp³-hybridized carbons (Fsp3) is 0.467. The first-order valence-corrected chi connectivity index (χ1v) is 7.82. The minimum absolute atomic E-state index is 0.00239. The molecule has 2 aromatic rings. The number of ether oxygens (including phenoxy) is 1. The predicted molar refractivity (Wildman–Crippen MR) is 84.7 cm³/mol. The second-order valence-electron chi connectivity index (χ2n) is 5.78. The van der Waals surface area contributed by atoms with E-state index in [9.17, 15) is 4.79 Å². The normalized spacial score (nSPS) is 25.4. The van der Waals surface area contributed by atoms with Crippen LogP contribution in [0, 0.1) is 6.92 Å². The van der Waals surface area contributed by atoms with Crippen LogP contribution in [0.5, 0.6) is 0 Å². The van der Waals surface area contributed by atoms with Crippen LogP contribution in [0.15, 0.2) is 12.1 Å². The lowest BCUT2D eigenvalue weighted by molar-refractivity contribution is 0.0731. The number of rotatable bonds is 2. The first-order valence-electron chi connectivity index (χ1n) is 7.00. The monoisotopic (exact) mass is 305 g/mol. The van der Waals surface area contributed by atoms with Crippen LogP contribution in [-0.2, 0) is 4.74 Å². The topological polar surface area (TPSA) is 77.2 Å². The molecule has 112 valence electrons. The van der Waals surface area contributed by atoms with E-state index in [0.29, 0.717) is 17.2 Å². The summed E-state index contributed by atoms with van der Waals surface area (Å²) in [4.78, 5) is 18.3. The zero-order valence-electron chi connectivity index (χ0n) is 12.4. The number of pyridine rings is 1. The minimum Gasteiger partial charge on any atom is -0.397 e. The van der Waals surface area contributed by atoms with Gasteiger partial charge in [0.15, 0.2) is 0 Å². The maximum absolute atomic E-state index is 12.6. The van der Waals surface area contributed by atoms with Crippen molar-refractivity contribution >= 4 is 33.1 Å². The molecule has 5 nitrogen and oxygen atoms in total. The molecule has 3 rings (SSSR count). The Morgan fingerprint density at radius 2 is 2.33 bits per heavy atom. The number of hydrogen-bond donors (Lipinski definition) is 2. The fourth-order valence-electron chi connectivity index (χ4n) is 2.57. The Hall–Kier alpha value is -1.66. The largest absolute Gasteiger partial charge is 0.397 e. The molecule has 2 unspecified atom stereocenters. The molecule has 0 saturated carbocycles. The summed E-state index contributed by atoms with van der Waals surface area (Å²) in [7, 11) is 0. The summed E-state index contributed by atoms with van der Waals surface area (Å²) < 4.78 is 5.56. The molecular formula is C15H19N3O2S. The maximum Gasteiger partial charge on any atom is 0.264 e. The van der Waals surface area contributed by atoms with Gasteiger partial charge < -0.3 is 15.8 Å². The summed E-state index contributed by atoms with van der Waals surface area (Å²) in [6, 6.07) is 3.82. The number of thiophene rings is 1. The van der Waals surface area contributed by atoms with Crippen LogP contribution in [0.25, 0.3) is 10.2 Å². The van der Waals surface area contributed by atoms with Gasteiger partial charge in [-0.3, -0.25) is 4.79 Å². The van der Waals surface area contributed by atoms with E-state index in [1.165, 1.54) is 11.3 Å². The van der Waals surface area contributed by atoms with Gasteiger partial charge in [0.05, 0.1) is 17.3 Å². The van der Waals surface area contributed by atoms with Crippen LogP contribution in [0.4, 0.5) is 5.69 Å². The second-order valence-corrected chi connectivity index (χ2v) is 6.78. The molecule has 0 aliphatic carbocycles. The Morgan fingerprint density at radius 1 is 1.57 bits per heavy atom. The molecule has 1 amide bonds. The van der Waals surface area contributed by atoms with Crippen LogP contribution in [0.3, 0.4) is 0 Å². The van der Waals surface area contributed by atoms with E-state index < -0.39 is 0 Å². The van der Waals surface area contributed by atoms with E-state index in [1.54, 1.807) is 0 Å². The quantitative estimate of drug-likeness (QED) is 0.893. The SMILES string of the molecule is Cc1ccc2c(N)c(C(=O)NC3(C)CCOC3C)sc2n1. The van der Waals surface area contributed by atoms with E-state index in [0.717, 1.165) is 22.3 Å². The molecule has 2 aromatic heterocycles. The number of nitrogens with two attached hydrogens (primary N) is 1. The van der Waals surface area contributed by atoms with E-state index in [1.807, 2.05) is 32.9 Å². The zero-order chi connectivity index (χ0) is 15.2. The average molecular weight is 305 g/mol. The molecular weight excluding hydrogens is 286 g/mol. The molecule has 6 heteroatoms. The molecule has 1 saturated heterocycles. The number of hydrogen-bond acceptors (Lipinski definition) is 5. The minimum atomic E-state index is -0.344. The molecule has 21 heavy (non-hydrogen) atoms. The first-order chi connectivity index (χ1) is 9.90. The molecule has 0 bridgehead atoms. The van der Waals surface area contributed by atoms with Gasteiger partial charge in [-0.05, 0) is 39.3 Å². The Balaban J connectivity index is 1.93. The summed E-state index contributed by atoms with van der Waals surface area (Å²) in [6.45, 7) is 6.58. The van der Waals surface area contributed by atoms with E-state index >= 15 is 0 Å². The molecule has 1 aliphatic rings. The number of aromatic nitrogens is 1. The van der Waals surface area contributed by atoms with E-state index in [2.05, 4.69) is 10.3 Å². The number of fused-ring (bicyclic) bond motifs is 1. The van der Waals surface area contributed by atoms with Crippen molar-refractivity contribution in [2.45, 2.75) is 38.8 Å². The van der Waals surface area contributed by atoms with Gasteiger partial charge in [0.25, 0.3) is 5.91 Å². The molecule has 0 radical (unpaired) electrons. The molecule has 2 atom stereocenters. The lowest BCUT2D eigenvalue weighted by Crippen LogP contribution is -2.50. The number of nitrogens with zero attached hydrogens (tertiary/aromatic N) is 1. The lowest BCUT2D eigenvalue weighted by Gasteiger charge is -2.28. The third kappa shape index (κ3) is 2.38. The number of anilines is 1. The van der Waals surface area contributed by atoms with Crippen molar-refractivity contribution in [3.63, 3.8) is 0 Å². The third-order valence-electron chi connectivity index (χ3n) is 4.22. The predicted octanol–water partition coefficient (Wildman–Crippen LogP) is 2.48. The molecule has 3 heterocycles. The van der Waals surface area contributed by atoms with Gasteiger partial charge in [0.2, 0.25) is 0 Å². The summed E-state index contributed by atoms with van der Waals surface area (Å²) in [5.41, 5.74) is 7.20. The van der Waals surface area contributed by atoms with E-state index in [4.69, 9.17) is 10.5 Å². The number of nitrogen functional groups attached to an aromatic ring is 1. The number of carbonyl (C=O) groups is 1. The Labute approximate surface area is 127 Å². The number of amides is 1. The maximum atomic E-state index is 12.6. The summed E-state index contributed by atoms with van der Waals surface area (Å²) in [5.74, 6) is -0.145. The molecule has 0 aromatic carbocycles. The van der Waals surface area contributed by atoms with E-state index in [-0.39, 0.29) is 17.6 Å². The summed E-state index contributed by atoms with van der Waals surface area (Å²) in [5, 5.41) is 3.92. The van der Waals surface area contributed by atoms with Crippen LogP contribution < -0.4 is 11.1 Å². The highest BCUT2D eigenvalue weighted by Crippen LogP contribution is 2.33. The Bertz CT molecular complexity index is 712. The number of carbonyl (C=O) groups excluding carboxylic acids is 1. The van der Waals surface area contributed by atoms with Gasteiger partial charge in [-0.2, -0.15) is 0 Å². The number of nitrogens with one attached hydrogen (secondary N) is 1. The van der Waals surface area contributed by atoms with Crippen LogP contribution >= 0.6 is 11.3 Å². The molecule has 3 N–H and O–H groups in total. The van der Waals surface area contributed by atoms with Gasteiger partial charge in [0.1, 0.15) is 9.71 Å². The van der Waals surface area contributed by atoms with Crippen molar-refractivity contribution in [1.82, 2.24) is 10.3 Å². The Morgan fingerprint density at radius 3 is 3.00 bits per heavy atom. The highest BCUT2D eigenvalue weighted by molar-refractivity contribution is 7.21. The van der Waals surface area contributed by atoms with Crippen molar-refractivity contribution in [1.29, 1.82) is 0 Å². The van der Waals surface area contributed by atoms with Crippen molar-refractivity contribution in [2.75, 3.05) is 12.3 Å². The van der Waals surface area contributed by atoms with Crippen molar-refractivity contribution < 1.29 is 9.53 Å². The highest BCUT2D eigenvalue weighted by Gasteiger charge is 2.39. The molecule has 1 aliphatic heterocycles. The summed E-state index contributed by atoms with van der Waals surface area (Å²) >= 11 is 1.34. The van der Waals surface area contributed by atoms with Crippen molar-refractivity contribution in [3.8, 4) is 0 Å². The van der Waals surface area contributed by atoms with Crippen molar-refractivity contribution in [3.05, 3.63) is 22.7 Å². The molecule has 1 fully saturated rings. The third-order valence-corrected chi connectivity index (χ3v) is 5.34. The average Bonchev–Trinajstić information content (AvgIpc) is 2.91. The number of aryl methyl sites for hydroxylation is 1. The van der Waals surface area contributed by atoms with Gasteiger partial charge in [-0.25, -0.2) is 4.98 Å². The second kappa shape index (κ2) is 4.96. The van der Waals surface area contributed by atoms with Gasteiger partial charge >= 0.3 is 0 Å². The van der Waals surface area contributed by atoms with Crippen molar-refractivity contribution in [2.24, 2.45) is 0 Å². The zero-order valence-corrected chi connectivity index (χ0v) is 13.2. The standard InChI is InChI=1S/C15H19N3O2S/c1-8-4-5-10-11(16)12(21-14(10)17-8)13(19)18-15(3)6-7-20-9(15)2/h4-5,9H,6-7,16H2,1-3H3,(H,18,19). The summed E-state index contributed by atoms with van der Waals surface area (Å²) in [6.07, 6.45) is 0.805. The van der Waals surface area contributed by atoms with Crippen LogP contribution in [0.2, 0.25) is 0 Å². The van der Waals surface area contributed by atoms with Crippen LogP contribution in [-0.4, -0.2) is 29.1 Å². The van der Waals surface area contributed by atoms with Gasteiger partial charge in [-0.1, -0.05) is 0 Å². The molecule has 0 spiro atoms. The lowest BCUT2D eigenvalue weighted by atomic mass is 9.94.